The number of halogens is 2. The second kappa shape index (κ2) is 6.09. The maximum atomic E-state index is 12.0. The van der Waals surface area contributed by atoms with Crippen molar-refractivity contribution < 1.29 is 9.53 Å². The third-order valence-corrected chi connectivity index (χ3v) is 4.83. The molecule has 22 heavy (non-hydrogen) atoms. The van der Waals surface area contributed by atoms with Crippen molar-refractivity contribution in [1.29, 1.82) is 0 Å². The van der Waals surface area contributed by atoms with Crippen molar-refractivity contribution in [2.75, 3.05) is 0 Å². The van der Waals surface area contributed by atoms with Crippen LogP contribution in [-0.4, -0.2) is 22.1 Å². The summed E-state index contributed by atoms with van der Waals surface area (Å²) in [6.07, 6.45) is 0.565. The van der Waals surface area contributed by atoms with Crippen LogP contribution in [0.4, 0.5) is 0 Å². The van der Waals surface area contributed by atoms with E-state index in [0.29, 0.717) is 12.1 Å². The first kappa shape index (κ1) is 17.1. The average Bonchev–Trinajstić information content (AvgIpc) is 2.96. The number of amides is 1. The zero-order chi connectivity index (χ0) is 16.5. The van der Waals surface area contributed by atoms with Gasteiger partial charge in [-0.1, -0.05) is 0 Å². The first-order valence-corrected chi connectivity index (χ1v) is 7.91. The maximum Gasteiger partial charge on any atom is 0.249 e. The number of nitrogens with one attached hydrogen (secondary N) is 1. The zero-order valence-electron chi connectivity index (χ0n) is 13.1. The molecule has 1 aromatic rings. The highest BCUT2D eigenvalue weighted by Crippen LogP contribution is 2.63. The summed E-state index contributed by atoms with van der Waals surface area (Å²) in [5.74, 6) is 0.534. The number of carbonyl (C=O) groups is 1. The number of hydrogen-bond donors (Lipinski definition) is 1. The summed E-state index contributed by atoms with van der Waals surface area (Å²) in [7, 11) is 0. The molecule has 0 heterocycles. The van der Waals surface area contributed by atoms with Crippen molar-refractivity contribution in [1.82, 2.24) is 5.43 Å². The summed E-state index contributed by atoms with van der Waals surface area (Å²) in [4.78, 5) is 12.0. The van der Waals surface area contributed by atoms with Gasteiger partial charge in [0.1, 0.15) is 10.1 Å². The van der Waals surface area contributed by atoms with Crippen LogP contribution in [0.3, 0.4) is 0 Å². The molecule has 0 aliphatic heterocycles. The topological polar surface area (TPSA) is 50.7 Å². The van der Waals surface area contributed by atoms with E-state index in [4.69, 9.17) is 27.9 Å². The maximum absolute atomic E-state index is 12.0. The number of alkyl halides is 2. The lowest BCUT2D eigenvalue weighted by Crippen LogP contribution is -2.30. The molecule has 0 radical (unpaired) electrons. The van der Waals surface area contributed by atoms with Gasteiger partial charge in [-0.05, 0) is 63.9 Å². The van der Waals surface area contributed by atoms with Crippen LogP contribution in [0.25, 0.3) is 0 Å². The van der Waals surface area contributed by atoms with Crippen LogP contribution in [0.1, 0.15) is 39.7 Å². The van der Waals surface area contributed by atoms with Crippen molar-refractivity contribution in [3.8, 4) is 5.75 Å². The van der Waals surface area contributed by atoms with Crippen LogP contribution >= 0.6 is 23.2 Å². The number of rotatable bonds is 5. The van der Waals surface area contributed by atoms with E-state index >= 15 is 0 Å². The molecule has 1 aliphatic rings. The second-order valence-corrected chi connectivity index (χ2v) is 7.53. The monoisotopic (exact) mass is 342 g/mol. The first-order chi connectivity index (χ1) is 10.2. The molecular weight excluding hydrogens is 323 g/mol. The number of carbonyl (C=O) groups excluding carboxylic acids is 1. The van der Waals surface area contributed by atoms with Crippen LogP contribution in [-0.2, 0) is 4.79 Å². The predicted molar refractivity (Wildman–Crippen MR) is 89.7 cm³/mol. The van der Waals surface area contributed by atoms with Gasteiger partial charge in [0, 0.05) is 0 Å². The van der Waals surface area contributed by atoms with E-state index in [1.165, 1.54) is 0 Å². The van der Waals surface area contributed by atoms with Gasteiger partial charge in [0.25, 0.3) is 0 Å². The summed E-state index contributed by atoms with van der Waals surface area (Å²) in [5, 5.41) is 4.12. The Kier molecular flexibility index (Phi) is 4.73. The second-order valence-electron chi connectivity index (χ2n) is 6.04. The van der Waals surface area contributed by atoms with Crippen molar-refractivity contribution in [2.24, 2.45) is 10.5 Å². The molecule has 1 fully saturated rings. The Labute approximate surface area is 140 Å². The van der Waals surface area contributed by atoms with Gasteiger partial charge in [-0.25, -0.2) is 5.43 Å². The highest BCUT2D eigenvalue weighted by atomic mass is 35.5. The fraction of sp³-hybridized carbons (Fsp3) is 0.500. The van der Waals surface area contributed by atoms with Gasteiger partial charge in [0.05, 0.1) is 17.2 Å². The average molecular weight is 343 g/mol. The Hall–Kier alpha value is -1.26. The van der Waals surface area contributed by atoms with Gasteiger partial charge >= 0.3 is 0 Å². The molecule has 1 saturated carbocycles. The Morgan fingerprint density at radius 3 is 2.32 bits per heavy atom. The highest BCUT2D eigenvalue weighted by molar-refractivity contribution is 6.53. The van der Waals surface area contributed by atoms with Crippen molar-refractivity contribution in [3.63, 3.8) is 0 Å². The van der Waals surface area contributed by atoms with Crippen molar-refractivity contribution in [3.05, 3.63) is 29.8 Å². The molecule has 120 valence electrons. The van der Waals surface area contributed by atoms with E-state index < -0.39 is 9.75 Å². The fourth-order valence-electron chi connectivity index (χ4n) is 2.02. The number of ether oxygens (including phenoxy) is 1. The minimum Gasteiger partial charge on any atom is -0.491 e. The van der Waals surface area contributed by atoms with Crippen LogP contribution in [0.2, 0.25) is 0 Å². The molecule has 0 spiro atoms. The number of hydrazone groups is 1. The minimum atomic E-state index is -0.990. The third kappa shape index (κ3) is 3.55. The lowest BCUT2D eigenvalue weighted by Gasteiger charge is -2.11. The molecule has 1 atom stereocenters. The molecule has 1 N–H and O–H groups in total. The first-order valence-electron chi connectivity index (χ1n) is 7.15. The predicted octanol–water partition coefficient (Wildman–Crippen LogP) is 3.90. The summed E-state index contributed by atoms with van der Waals surface area (Å²) in [6, 6.07) is 7.55. The molecule has 1 amide bonds. The Bertz CT molecular complexity index is 597. The molecule has 1 aliphatic carbocycles. The largest absolute Gasteiger partial charge is 0.491 e. The SMILES string of the molecule is CC(=NNC(=O)C1(C)CC1(Cl)Cl)c1ccc(OC(C)C)cc1. The zero-order valence-corrected chi connectivity index (χ0v) is 14.6. The summed E-state index contributed by atoms with van der Waals surface area (Å²) < 4.78 is 4.59. The lowest BCUT2D eigenvalue weighted by atomic mass is 10.1. The molecule has 1 unspecified atom stereocenters. The standard InChI is InChI=1S/C16H20Cl2N2O2/c1-10(2)22-13-7-5-12(6-8-13)11(3)19-20-14(21)15(4)9-16(15,17)18/h5-8,10H,9H2,1-4H3,(H,20,21). The fourth-order valence-corrected chi connectivity index (χ4v) is 2.72. The molecule has 4 nitrogen and oxygen atoms in total. The van der Waals surface area contributed by atoms with E-state index in [1.54, 1.807) is 6.92 Å². The van der Waals surface area contributed by atoms with E-state index in [-0.39, 0.29) is 12.0 Å². The van der Waals surface area contributed by atoms with E-state index in [9.17, 15) is 4.79 Å². The number of nitrogens with zero attached hydrogens (tertiary/aromatic N) is 1. The normalized spacial score (nSPS) is 23.3. The summed E-state index contributed by atoms with van der Waals surface area (Å²) in [6.45, 7) is 7.50. The van der Waals surface area contributed by atoms with Crippen molar-refractivity contribution >= 4 is 34.8 Å². The smallest absolute Gasteiger partial charge is 0.249 e. The van der Waals surface area contributed by atoms with E-state index in [1.807, 2.05) is 45.0 Å². The molecular formula is C16H20Cl2N2O2. The quantitative estimate of drug-likeness (QED) is 0.501. The highest BCUT2D eigenvalue weighted by Gasteiger charge is 2.68. The van der Waals surface area contributed by atoms with Gasteiger partial charge in [0.2, 0.25) is 5.91 Å². The molecule has 0 saturated heterocycles. The lowest BCUT2D eigenvalue weighted by molar-refractivity contribution is -0.125. The van der Waals surface area contributed by atoms with Gasteiger partial charge in [-0.15, -0.1) is 23.2 Å². The summed E-state index contributed by atoms with van der Waals surface area (Å²) in [5.41, 5.74) is 3.37. The minimum absolute atomic E-state index is 0.130. The molecule has 1 aromatic carbocycles. The molecule has 2 rings (SSSR count). The van der Waals surface area contributed by atoms with Crippen LogP contribution in [0, 0.1) is 5.41 Å². The Morgan fingerprint density at radius 2 is 1.86 bits per heavy atom. The Morgan fingerprint density at radius 1 is 1.32 bits per heavy atom. The third-order valence-electron chi connectivity index (χ3n) is 3.73. The molecule has 0 aromatic heterocycles. The van der Waals surface area contributed by atoms with E-state index in [0.717, 1.165) is 11.3 Å². The van der Waals surface area contributed by atoms with Crippen LogP contribution in [0.15, 0.2) is 29.4 Å². The Balaban J connectivity index is 1.99. The van der Waals surface area contributed by atoms with Gasteiger partial charge in [0.15, 0.2) is 0 Å². The number of hydrogen-bond acceptors (Lipinski definition) is 3. The van der Waals surface area contributed by atoms with Gasteiger partial charge in [-0.3, -0.25) is 4.79 Å². The number of benzene rings is 1. The van der Waals surface area contributed by atoms with Crippen LogP contribution in [0.5, 0.6) is 5.75 Å². The van der Waals surface area contributed by atoms with Crippen molar-refractivity contribution in [2.45, 2.75) is 44.6 Å². The van der Waals surface area contributed by atoms with Crippen LogP contribution < -0.4 is 10.2 Å². The molecule has 0 bridgehead atoms. The van der Waals surface area contributed by atoms with Gasteiger partial charge in [-0.2, -0.15) is 5.10 Å². The van der Waals surface area contributed by atoms with Gasteiger partial charge < -0.3 is 4.74 Å². The molecule has 6 heteroatoms. The van der Waals surface area contributed by atoms with E-state index in [2.05, 4.69) is 10.5 Å². The summed E-state index contributed by atoms with van der Waals surface area (Å²) >= 11 is 12.0.